The lowest BCUT2D eigenvalue weighted by Crippen LogP contribution is -2.37. The second-order valence-corrected chi connectivity index (χ2v) is 8.49. The highest BCUT2D eigenvalue weighted by Gasteiger charge is 2.44. The fourth-order valence-electron chi connectivity index (χ4n) is 3.69. The first-order valence-electron chi connectivity index (χ1n) is 10.4. The van der Waals surface area contributed by atoms with E-state index in [4.69, 9.17) is 28.6 Å². The highest BCUT2D eigenvalue weighted by molar-refractivity contribution is 7.80. The van der Waals surface area contributed by atoms with Gasteiger partial charge in [-0.3, -0.25) is 14.5 Å². The molecule has 0 saturated carbocycles. The molecular weight excluding hydrogens is 477 g/mol. The number of rotatable bonds is 7. The summed E-state index contributed by atoms with van der Waals surface area (Å²) in [6.45, 7) is 0.305. The summed E-state index contributed by atoms with van der Waals surface area (Å²) < 4.78 is 18.6. The molecule has 0 radical (unpaired) electrons. The first-order valence-corrected chi connectivity index (χ1v) is 11.2. The molecule has 6 nitrogen and oxygen atoms in total. The molecule has 1 unspecified atom stereocenters. The molecule has 1 fully saturated rings. The van der Waals surface area contributed by atoms with Crippen LogP contribution in [0.2, 0.25) is 5.02 Å². The highest BCUT2D eigenvalue weighted by Crippen LogP contribution is 2.29. The third kappa shape index (κ3) is 5.18. The lowest BCUT2D eigenvalue weighted by atomic mass is 10.1. The monoisotopic (exact) mass is 497 g/mol. The molecule has 4 rings (SSSR count). The Morgan fingerprint density at radius 2 is 1.71 bits per heavy atom. The number of carbonyl (C=O) groups excluding carboxylic acids is 2. The second-order valence-electron chi connectivity index (χ2n) is 7.68. The summed E-state index contributed by atoms with van der Waals surface area (Å²) in [6.07, 6.45) is -0.115. The van der Waals surface area contributed by atoms with E-state index in [1.807, 2.05) is 12.1 Å². The summed E-state index contributed by atoms with van der Waals surface area (Å²) in [5.74, 6) is -0.447. The van der Waals surface area contributed by atoms with Crippen LogP contribution in [0.3, 0.4) is 0 Å². The number of methoxy groups -OCH3 is 1. The van der Waals surface area contributed by atoms with Gasteiger partial charge in [-0.2, -0.15) is 0 Å². The van der Waals surface area contributed by atoms with E-state index in [1.54, 1.807) is 48.4 Å². The van der Waals surface area contributed by atoms with Crippen LogP contribution in [0.1, 0.15) is 12.0 Å². The van der Waals surface area contributed by atoms with Gasteiger partial charge in [-0.15, -0.1) is 0 Å². The quantitative estimate of drug-likeness (QED) is 0.464. The van der Waals surface area contributed by atoms with Crippen molar-refractivity contribution in [2.45, 2.75) is 19.0 Å². The summed E-state index contributed by atoms with van der Waals surface area (Å²) in [4.78, 5) is 29.3. The maximum Gasteiger partial charge on any atom is 0.256 e. The Morgan fingerprint density at radius 1 is 1.06 bits per heavy atom. The largest absolute Gasteiger partial charge is 0.497 e. The van der Waals surface area contributed by atoms with E-state index < -0.39 is 11.9 Å². The molecule has 3 aromatic rings. The van der Waals surface area contributed by atoms with Gasteiger partial charge in [0, 0.05) is 17.3 Å². The number of thiocarbonyl (C=S) groups is 1. The first kappa shape index (κ1) is 23.7. The van der Waals surface area contributed by atoms with Crippen LogP contribution in [-0.4, -0.2) is 35.0 Å². The minimum absolute atomic E-state index is 0.115. The van der Waals surface area contributed by atoms with Crippen LogP contribution in [0.4, 0.5) is 15.8 Å². The average molecular weight is 498 g/mol. The molecule has 2 amide bonds. The van der Waals surface area contributed by atoms with Crippen LogP contribution in [-0.2, 0) is 16.1 Å². The van der Waals surface area contributed by atoms with Crippen LogP contribution < -0.4 is 15.0 Å². The van der Waals surface area contributed by atoms with E-state index in [2.05, 4.69) is 5.32 Å². The molecule has 174 valence electrons. The summed E-state index contributed by atoms with van der Waals surface area (Å²) in [6, 6.07) is 18.7. The molecule has 0 spiro atoms. The second kappa shape index (κ2) is 10.2. The molecule has 1 N–H and O–H groups in total. The van der Waals surface area contributed by atoms with Gasteiger partial charge in [0.15, 0.2) is 5.11 Å². The summed E-state index contributed by atoms with van der Waals surface area (Å²) in [7, 11) is 1.56. The van der Waals surface area contributed by atoms with Crippen LogP contribution in [0, 0.1) is 5.82 Å². The van der Waals surface area contributed by atoms with Crippen LogP contribution in [0.15, 0.2) is 72.8 Å². The third-order valence-corrected chi connectivity index (χ3v) is 6.09. The Balaban J connectivity index is 1.58. The van der Waals surface area contributed by atoms with Gasteiger partial charge in [0.2, 0.25) is 5.91 Å². The first-order chi connectivity index (χ1) is 16.4. The summed E-state index contributed by atoms with van der Waals surface area (Å²) >= 11 is 11.6. The van der Waals surface area contributed by atoms with Gasteiger partial charge in [-0.25, -0.2) is 4.39 Å². The van der Waals surface area contributed by atoms with Gasteiger partial charge in [0.1, 0.15) is 17.6 Å². The number of nitrogens with zero attached hydrogens (tertiary/aromatic N) is 2. The number of carbonyl (C=O) groups is 2. The number of amides is 2. The zero-order valence-electron chi connectivity index (χ0n) is 18.2. The molecule has 1 atom stereocenters. The van der Waals surface area contributed by atoms with Crippen LogP contribution in [0.5, 0.6) is 5.75 Å². The molecule has 0 bridgehead atoms. The van der Waals surface area contributed by atoms with Crippen molar-refractivity contribution in [1.82, 2.24) is 4.90 Å². The average Bonchev–Trinajstić information content (AvgIpc) is 3.05. The Hall–Kier alpha value is -3.49. The predicted molar refractivity (Wildman–Crippen MR) is 134 cm³/mol. The van der Waals surface area contributed by atoms with E-state index in [1.165, 1.54) is 29.2 Å². The van der Waals surface area contributed by atoms with Gasteiger partial charge in [-0.05, 0) is 78.4 Å². The predicted octanol–water partition coefficient (Wildman–Crippen LogP) is 5.02. The number of hydrogen-bond acceptors (Lipinski definition) is 4. The number of benzene rings is 3. The van der Waals surface area contributed by atoms with Crippen molar-refractivity contribution in [3.63, 3.8) is 0 Å². The van der Waals surface area contributed by atoms with Crippen molar-refractivity contribution in [2.24, 2.45) is 0 Å². The minimum atomic E-state index is -0.827. The van der Waals surface area contributed by atoms with Crippen LogP contribution in [0.25, 0.3) is 0 Å². The fourth-order valence-corrected chi connectivity index (χ4v) is 4.20. The minimum Gasteiger partial charge on any atom is -0.497 e. The lowest BCUT2D eigenvalue weighted by molar-refractivity contribution is -0.124. The van der Waals surface area contributed by atoms with Crippen molar-refractivity contribution >= 4 is 52.1 Å². The number of anilines is 2. The summed E-state index contributed by atoms with van der Waals surface area (Å²) in [5.41, 5.74) is 1.90. The number of nitrogens with one attached hydrogen (secondary N) is 1. The van der Waals surface area contributed by atoms with Gasteiger partial charge in [0.25, 0.3) is 5.91 Å². The Morgan fingerprint density at radius 3 is 2.32 bits per heavy atom. The van der Waals surface area contributed by atoms with E-state index in [-0.39, 0.29) is 23.3 Å². The molecule has 1 aliphatic rings. The number of ether oxygens (including phenoxy) is 1. The molecule has 1 heterocycles. The number of hydrogen-bond donors (Lipinski definition) is 1. The van der Waals surface area contributed by atoms with Crippen LogP contribution >= 0.6 is 23.8 Å². The molecule has 9 heteroatoms. The van der Waals surface area contributed by atoms with Crippen molar-refractivity contribution < 1.29 is 18.7 Å². The lowest BCUT2D eigenvalue weighted by Gasteiger charge is -2.24. The van der Waals surface area contributed by atoms with Gasteiger partial charge >= 0.3 is 0 Å². The molecule has 1 aliphatic heterocycles. The smallest absolute Gasteiger partial charge is 0.256 e. The molecule has 34 heavy (non-hydrogen) atoms. The molecule has 0 aliphatic carbocycles. The zero-order valence-corrected chi connectivity index (χ0v) is 19.8. The third-order valence-electron chi connectivity index (χ3n) is 5.42. The van der Waals surface area contributed by atoms with Crippen molar-refractivity contribution in [3.8, 4) is 5.75 Å². The van der Waals surface area contributed by atoms with Crippen molar-refractivity contribution in [1.29, 1.82) is 0 Å². The Kier molecular flexibility index (Phi) is 7.09. The summed E-state index contributed by atoms with van der Waals surface area (Å²) in [5, 5.41) is 3.64. The highest BCUT2D eigenvalue weighted by atomic mass is 35.5. The molecule has 0 aromatic heterocycles. The standard InChI is InChI=1S/C25H21ClFN3O3S/c1-33-21-12-8-19(9-13-21)28-23(31)14-22-24(32)30(20-10-6-18(27)7-11-20)25(34)29(22)15-16-2-4-17(26)5-3-16/h2-13,22H,14-15H2,1H3,(H,28,31). The molecule has 3 aromatic carbocycles. The maximum absolute atomic E-state index is 13.4. The van der Waals surface area contributed by atoms with Gasteiger partial charge in [0.05, 0.1) is 19.2 Å². The van der Waals surface area contributed by atoms with E-state index in [9.17, 15) is 14.0 Å². The normalized spacial score (nSPS) is 15.6. The topological polar surface area (TPSA) is 61.9 Å². The molecular formula is C25H21ClFN3O3S. The van der Waals surface area contributed by atoms with E-state index in [0.717, 1.165) is 5.56 Å². The van der Waals surface area contributed by atoms with Crippen molar-refractivity contribution in [3.05, 3.63) is 89.2 Å². The van der Waals surface area contributed by atoms with Gasteiger partial charge in [-0.1, -0.05) is 23.7 Å². The molecule has 1 saturated heterocycles. The zero-order chi connectivity index (χ0) is 24.2. The Bertz CT molecular complexity index is 1200. The SMILES string of the molecule is COc1ccc(NC(=O)CC2C(=O)N(c3ccc(F)cc3)C(=S)N2Cc2ccc(Cl)cc2)cc1. The van der Waals surface area contributed by atoms with E-state index in [0.29, 0.717) is 28.7 Å². The van der Waals surface area contributed by atoms with E-state index >= 15 is 0 Å². The fraction of sp³-hybridized carbons (Fsp3) is 0.160. The van der Waals surface area contributed by atoms with Crippen molar-refractivity contribution in [2.75, 3.05) is 17.3 Å². The Labute approximate surface area is 206 Å². The number of halogens is 2. The van der Waals surface area contributed by atoms with Gasteiger partial charge < -0.3 is 15.0 Å². The maximum atomic E-state index is 13.4.